The molecule has 0 spiro atoms. The summed E-state index contributed by atoms with van der Waals surface area (Å²) in [6.07, 6.45) is -4.36. The average Bonchev–Trinajstić information content (AvgIpc) is 3.07. The molecule has 2 heterocycles. The van der Waals surface area contributed by atoms with Crippen LogP contribution in [0.1, 0.15) is 18.4 Å². The van der Waals surface area contributed by atoms with E-state index in [2.05, 4.69) is 5.32 Å². The first-order chi connectivity index (χ1) is 10.8. The van der Waals surface area contributed by atoms with Crippen molar-refractivity contribution in [2.45, 2.75) is 31.2 Å². The number of fused-ring (bicyclic) bond motifs is 2. The number of halogens is 3. The van der Waals surface area contributed by atoms with Crippen LogP contribution in [0.3, 0.4) is 0 Å². The molecule has 2 bridgehead atoms. The van der Waals surface area contributed by atoms with Gasteiger partial charge in [-0.1, -0.05) is 6.07 Å². The maximum absolute atomic E-state index is 12.7. The first kappa shape index (κ1) is 15.8. The SMILES string of the molecule is O=C(O)[C@@H]1[C@H](C(=O)Nc2cccc(C(F)(F)F)c2)[C@H]2CC[C@@H]1O2. The minimum absolute atomic E-state index is 0.0169. The topological polar surface area (TPSA) is 75.6 Å². The van der Waals surface area contributed by atoms with Crippen LogP contribution < -0.4 is 5.32 Å². The minimum atomic E-state index is -4.51. The van der Waals surface area contributed by atoms with E-state index in [1.807, 2.05) is 0 Å². The van der Waals surface area contributed by atoms with Gasteiger partial charge in [0.05, 0.1) is 29.6 Å². The summed E-state index contributed by atoms with van der Waals surface area (Å²) in [5.41, 5.74) is -0.897. The number of hydrogen-bond donors (Lipinski definition) is 2. The number of alkyl halides is 3. The third-order valence-electron chi connectivity index (χ3n) is 4.32. The van der Waals surface area contributed by atoms with Crippen molar-refractivity contribution in [3.8, 4) is 0 Å². The third kappa shape index (κ3) is 2.90. The molecule has 0 saturated carbocycles. The molecule has 0 radical (unpaired) electrons. The van der Waals surface area contributed by atoms with Crippen LogP contribution in [0.4, 0.5) is 18.9 Å². The van der Waals surface area contributed by atoms with Crippen molar-refractivity contribution in [3.05, 3.63) is 29.8 Å². The predicted octanol–water partition coefficient (Wildman–Crippen LogP) is 2.52. The van der Waals surface area contributed by atoms with E-state index in [0.717, 1.165) is 12.1 Å². The molecule has 0 aliphatic carbocycles. The zero-order chi connectivity index (χ0) is 16.8. The number of amides is 1. The maximum atomic E-state index is 12.7. The summed E-state index contributed by atoms with van der Waals surface area (Å²) < 4.78 is 43.5. The van der Waals surface area contributed by atoms with E-state index in [-0.39, 0.29) is 5.69 Å². The van der Waals surface area contributed by atoms with Gasteiger partial charge in [-0.2, -0.15) is 13.2 Å². The van der Waals surface area contributed by atoms with Crippen molar-refractivity contribution in [1.29, 1.82) is 0 Å². The lowest BCUT2D eigenvalue weighted by molar-refractivity contribution is -0.147. The smallest absolute Gasteiger partial charge is 0.416 e. The Bertz CT molecular complexity index is 646. The van der Waals surface area contributed by atoms with Gasteiger partial charge in [-0.05, 0) is 31.0 Å². The average molecular weight is 329 g/mol. The van der Waals surface area contributed by atoms with Gasteiger partial charge in [-0.25, -0.2) is 0 Å². The maximum Gasteiger partial charge on any atom is 0.416 e. The summed E-state index contributed by atoms with van der Waals surface area (Å²) in [5.74, 6) is -3.59. The molecule has 5 nitrogen and oxygen atoms in total. The van der Waals surface area contributed by atoms with Gasteiger partial charge >= 0.3 is 12.1 Å². The molecule has 4 atom stereocenters. The summed E-state index contributed by atoms with van der Waals surface area (Å²) in [6, 6.07) is 4.24. The van der Waals surface area contributed by atoms with E-state index in [4.69, 9.17) is 4.74 Å². The quantitative estimate of drug-likeness (QED) is 0.893. The molecule has 2 aliphatic rings. The Morgan fingerprint density at radius 1 is 1.17 bits per heavy atom. The number of carboxylic acid groups (broad SMARTS) is 1. The van der Waals surface area contributed by atoms with E-state index >= 15 is 0 Å². The van der Waals surface area contributed by atoms with Gasteiger partial charge in [-0.15, -0.1) is 0 Å². The number of carboxylic acids is 1. The zero-order valence-electron chi connectivity index (χ0n) is 11.8. The summed E-state index contributed by atoms with van der Waals surface area (Å²) >= 11 is 0. The van der Waals surface area contributed by atoms with Crippen LogP contribution in [0.2, 0.25) is 0 Å². The van der Waals surface area contributed by atoms with E-state index in [9.17, 15) is 27.9 Å². The second kappa shape index (κ2) is 5.52. The van der Waals surface area contributed by atoms with Gasteiger partial charge in [-0.3, -0.25) is 9.59 Å². The number of carbonyl (C=O) groups is 2. The first-order valence-corrected chi connectivity index (χ1v) is 7.14. The third-order valence-corrected chi connectivity index (χ3v) is 4.32. The number of carbonyl (C=O) groups excluding carboxylic acids is 1. The minimum Gasteiger partial charge on any atom is -0.481 e. The number of rotatable bonds is 3. The summed E-state index contributed by atoms with van der Waals surface area (Å²) in [7, 11) is 0. The van der Waals surface area contributed by atoms with Crippen LogP contribution in [0, 0.1) is 11.8 Å². The van der Waals surface area contributed by atoms with Crippen LogP contribution in [-0.2, 0) is 20.5 Å². The van der Waals surface area contributed by atoms with Crippen LogP contribution >= 0.6 is 0 Å². The van der Waals surface area contributed by atoms with Crippen molar-refractivity contribution in [3.63, 3.8) is 0 Å². The normalized spacial score (nSPS) is 29.5. The monoisotopic (exact) mass is 329 g/mol. The number of aliphatic carboxylic acids is 1. The Labute approximate surface area is 129 Å². The van der Waals surface area contributed by atoms with Crippen LogP contribution in [0.5, 0.6) is 0 Å². The van der Waals surface area contributed by atoms with Gasteiger partial charge in [0, 0.05) is 5.69 Å². The van der Waals surface area contributed by atoms with Crippen LogP contribution in [0.25, 0.3) is 0 Å². The standard InChI is InChI=1S/C15H14F3NO4/c16-15(17,18)7-2-1-3-8(6-7)19-13(20)11-9-4-5-10(23-9)12(11)14(21)22/h1-3,6,9-12H,4-5H2,(H,19,20)(H,21,22)/t9-,10+,11-,12+/m1/s1. The van der Waals surface area contributed by atoms with E-state index in [1.54, 1.807) is 0 Å². The summed E-state index contributed by atoms with van der Waals surface area (Å²) in [4.78, 5) is 23.7. The highest BCUT2D eigenvalue weighted by molar-refractivity contribution is 5.96. The van der Waals surface area contributed by atoms with Gasteiger partial charge in [0.2, 0.25) is 5.91 Å². The van der Waals surface area contributed by atoms with Crippen molar-refractivity contribution in [2.75, 3.05) is 5.32 Å². The molecule has 1 aromatic rings. The molecule has 0 aromatic heterocycles. The Morgan fingerprint density at radius 3 is 2.43 bits per heavy atom. The van der Waals surface area contributed by atoms with E-state index in [1.165, 1.54) is 12.1 Å². The highest BCUT2D eigenvalue weighted by Crippen LogP contribution is 2.44. The predicted molar refractivity (Wildman–Crippen MR) is 72.6 cm³/mol. The molecule has 0 unspecified atom stereocenters. The highest BCUT2D eigenvalue weighted by atomic mass is 19.4. The Kier molecular flexibility index (Phi) is 3.79. The molecule has 2 saturated heterocycles. The molecule has 2 aliphatic heterocycles. The van der Waals surface area contributed by atoms with Gasteiger partial charge in [0.25, 0.3) is 0 Å². The van der Waals surface area contributed by atoms with Crippen molar-refractivity contribution in [1.82, 2.24) is 0 Å². The Balaban J connectivity index is 1.78. The number of anilines is 1. The Morgan fingerprint density at radius 2 is 1.83 bits per heavy atom. The van der Waals surface area contributed by atoms with Crippen molar-refractivity contribution < 1.29 is 32.6 Å². The second-order valence-corrected chi connectivity index (χ2v) is 5.75. The molecule has 8 heteroatoms. The molecule has 2 fully saturated rings. The second-order valence-electron chi connectivity index (χ2n) is 5.75. The lowest BCUT2D eigenvalue weighted by Gasteiger charge is -2.24. The first-order valence-electron chi connectivity index (χ1n) is 7.14. The summed E-state index contributed by atoms with van der Waals surface area (Å²) in [5, 5.41) is 11.6. The van der Waals surface area contributed by atoms with E-state index in [0.29, 0.717) is 12.8 Å². The number of ether oxygens (including phenoxy) is 1. The number of hydrogen-bond acceptors (Lipinski definition) is 3. The molecular weight excluding hydrogens is 315 g/mol. The van der Waals surface area contributed by atoms with Gasteiger partial charge < -0.3 is 15.2 Å². The lowest BCUT2D eigenvalue weighted by atomic mass is 9.78. The fraction of sp³-hybridized carbons (Fsp3) is 0.467. The number of nitrogens with one attached hydrogen (secondary N) is 1. The van der Waals surface area contributed by atoms with Gasteiger partial charge in [0.15, 0.2) is 0 Å². The fourth-order valence-electron chi connectivity index (χ4n) is 3.32. The zero-order valence-corrected chi connectivity index (χ0v) is 11.8. The molecular formula is C15H14F3NO4. The van der Waals surface area contributed by atoms with E-state index < -0.39 is 47.7 Å². The molecule has 1 aromatic carbocycles. The molecule has 124 valence electrons. The Hall–Kier alpha value is -2.09. The van der Waals surface area contributed by atoms with Crippen molar-refractivity contribution >= 4 is 17.6 Å². The largest absolute Gasteiger partial charge is 0.481 e. The molecule has 2 N–H and O–H groups in total. The summed E-state index contributed by atoms with van der Waals surface area (Å²) in [6.45, 7) is 0. The fourth-order valence-corrected chi connectivity index (χ4v) is 3.32. The lowest BCUT2D eigenvalue weighted by Crippen LogP contribution is -2.40. The van der Waals surface area contributed by atoms with Gasteiger partial charge in [0.1, 0.15) is 0 Å². The molecule has 3 rings (SSSR count). The van der Waals surface area contributed by atoms with Crippen LogP contribution in [-0.4, -0.2) is 29.2 Å². The van der Waals surface area contributed by atoms with Crippen LogP contribution in [0.15, 0.2) is 24.3 Å². The molecule has 23 heavy (non-hydrogen) atoms. The highest BCUT2D eigenvalue weighted by Gasteiger charge is 2.55. The molecule has 1 amide bonds. The van der Waals surface area contributed by atoms with Crippen molar-refractivity contribution in [2.24, 2.45) is 11.8 Å². The number of benzene rings is 1.